The van der Waals surface area contributed by atoms with Crippen molar-refractivity contribution >= 4 is 11.6 Å². The molecule has 0 unspecified atom stereocenters. The monoisotopic (exact) mass is 418 g/mol. The second-order valence-electron chi connectivity index (χ2n) is 8.73. The van der Waals surface area contributed by atoms with E-state index in [4.69, 9.17) is 4.74 Å². The van der Waals surface area contributed by atoms with Crippen LogP contribution in [0.25, 0.3) is 5.65 Å². The summed E-state index contributed by atoms with van der Waals surface area (Å²) in [4.78, 5) is 22.2. The van der Waals surface area contributed by atoms with Gasteiger partial charge in [0.2, 0.25) is 0 Å². The Balaban J connectivity index is 1.16. The van der Waals surface area contributed by atoms with Gasteiger partial charge in [0, 0.05) is 37.1 Å². The lowest BCUT2D eigenvalue weighted by molar-refractivity contribution is 0.0644. The largest absolute Gasteiger partial charge is 0.487 e. The molecule has 0 spiro atoms. The summed E-state index contributed by atoms with van der Waals surface area (Å²) >= 11 is 0. The highest BCUT2D eigenvalue weighted by Gasteiger charge is 2.28. The number of amides is 1. The molecule has 1 amide bonds. The molecule has 0 N–H and O–H groups in total. The molecule has 0 saturated carbocycles. The highest BCUT2D eigenvalue weighted by atomic mass is 16.5. The van der Waals surface area contributed by atoms with Gasteiger partial charge in [-0.15, -0.1) is 0 Å². The maximum atomic E-state index is 12.9. The topological polar surface area (TPSA) is 50.1 Å². The Kier molecular flexibility index (Phi) is 5.64. The van der Waals surface area contributed by atoms with Gasteiger partial charge in [-0.3, -0.25) is 4.79 Å². The zero-order valence-electron chi connectivity index (χ0n) is 18.2. The number of aromatic nitrogens is 2. The quantitative estimate of drug-likeness (QED) is 0.630. The number of hydrogen-bond acceptors (Lipinski definition) is 4. The first-order valence-electron chi connectivity index (χ1n) is 11.4. The van der Waals surface area contributed by atoms with Crippen molar-refractivity contribution in [3.05, 3.63) is 65.6 Å². The number of aryl methyl sites for hydroxylation is 1. The molecule has 31 heavy (non-hydrogen) atoms. The third-order valence-corrected chi connectivity index (χ3v) is 6.62. The van der Waals surface area contributed by atoms with E-state index in [0.717, 1.165) is 54.1 Å². The summed E-state index contributed by atoms with van der Waals surface area (Å²) in [5.74, 6) is 0.875. The number of piperidine rings is 1. The molecule has 162 valence electrons. The fourth-order valence-electron chi connectivity index (χ4n) is 4.85. The second kappa shape index (κ2) is 8.71. The first-order valence-corrected chi connectivity index (χ1v) is 11.4. The van der Waals surface area contributed by atoms with Crippen LogP contribution in [0.15, 0.2) is 48.8 Å². The Hall–Kier alpha value is -2.86. The summed E-state index contributed by atoms with van der Waals surface area (Å²) in [6, 6.07) is 12.2. The normalized spacial score (nSPS) is 18.0. The van der Waals surface area contributed by atoms with E-state index in [1.807, 2.05) is 52.0 Å². The van der Waals surface area contributed by atoms with Crippen LogP contribution in [-0.4, -0.2) is 57.3 Å². The lowest BCUT2D eigenvalue weighted by Gasteiger charge is -2.36. The molecule has 1 aromatic carbocycles. The molecule has 0 aliphatic carbocycles. The maximum Gasteiger partial charge on any atom is 0.253 e. The van der Waals surface area contributed by atoms with Crippen LogP contribution in [0.4, 0.5) is 0 Å². The van der Waals surface area contributed by atoms with E-state index < -0.39 is 0 Å². The van der Waals surface area contributed by atoms with E-state index >= 15 is 0 Å². The Labute approximate surface area is 183 Å². The summed E-state index contributed by atoms with van der Waals surface area (Å²) in [6.07, 6.45) is 8.81. The van der Waals surface area contributed by atoms with Crippen LogP contribution < -0.4 is 4.74 Å². The van der Waals surface area contributed by atoms with Crippen LogP contribution in [-0.2, 0) is 6.61 Å². The minimum absolute atomic E-state index is 0.127. The van der Waals surface area contributed by atoms with Crippen LogP contribution in [0.3, 0.4) is 0 Å². The zero-order chi connectivity index (χ0) is 21.2. The minimum atomic E-state index is 0.127. The molecule has 2 saturated heterocycles. The Bertz CT molecular complexity index is 1050. The molecule has 0 radical (unpaired) electrons. The van der Waals surface area contributed by atoms with Crippen LogP contribution >= 0.6 is 0 Å². The van der Waals surface area contributed by atoms with Crippen LogP contribution in [0.1, 0.15) is 47.3 Å². The summed E-state index contributed by atoms with van der Waals surface area (Å²) in [5.41, 5.74) is 3.71. The van der Waals surface area contributed by atoms with Gasteiger partial charge >= 0.3 is 0 Å². The Morgan fingerprint density at radius 2 is 1.81 bits per heavy atom. The van der Waals surface area contributed by atoms with Gasteiger partial charge < -0.3 is 18.9 Å². The van der Waals surface area contributed by atoms with Gasteiger partial charge in [0.15, 0.2) is 0 Å². The fraction of sp³-hybridized carbons (Fsp3) is 0.440. The average molecular weight is 419 g/mol. The van der Waals surface area contributed by atoms with Crippen molar-refractivity contribution in [2.75, 3.05) is 26.2 Å². The van der Waals surface area contributed by atoms with E-state index in [9.17, 15) is 4.79 Å². The van der Waals surface area contributed by atoms with Crippen LogP contribution in [0.2, 0.25) is 0 Å². The van der Waals surface area contributed by atoms with Crippen molar-refractivity contribution in [3.63, 3.8) is 0 Å². The first kappa shape index (κ1) is 20.1. The zero-order valence-corrected chi connectivity index (χ0v) is 18.2. The van der Waals surface area contributed by atoms with Crippen molar-refractivity contribution in [1.82, 2.24) is 19.2 Å². The van der Waals surface area contributed by atoms with Gasteiger partial charge in [-0.05, 0) is 81.6 Å². The van der Waals surface area contributed by atoms with E-state index in [1.165, 1.54) is 25.9 Å². The summed E-state index contributed by atoms with van der Waals surface area (Å²) in [7, 11) is 0. The summed E-state index contributed by atoms with van der Waals surface area (Å²) < 4.78 is 7.92. The lowest BCUT2D eigenvalue weighted by Crippen LogP contribution is -2.45. The van der Waals surface area contributed by atoms with E-state index in [1.54, 1.807) is 0 Å². The molecular formula is C25H30N4O2. The standard InChI is InChI=1S/C25H30N4O2/c1-19-5-4-14-29-17-21(26-24(19)29)18-31-23-8-6-20(7-9-23)25(30)28-15-10-22(11-16-28)27-12-2-3-13-27/h4-9,14,17,22H,2-3,10-13,15-16,18H2,1H3. The van der Waals surface area contributed by atoms with Gasteiger partial charge in [0.25, 0.3) is 5.91 Å². The molecule has 5 rings (SSSR count). The van der Waals surface area contributed by atoms with Crippen LogP contribution in [0, 0.1) is 6.92 Å². The number of carbonyl (C=O) groups is 1. The number of ether oxygens (including phenoxy) is 1. The van der Waals surface area contributed by atoms with Crippen molar-refractivity contribution in [1.29, 1.82) is 0 Å². The van der Waals surface area contributed by atoms with Gasteiger partial charge in [0.1, 0.15) is 18.0 Å². The number of fused-ring (bicyclic) bond motifs is 1. The van der Waals surface area contributed by atoms with Gasteiger partial charge in [0.05, 0.1) is 5.69 Å². The van der Waals surface area contributed by atoms with E-state index in [0.29, 0.717) is 12.6 Å². The minimum Gasteiger partial charge on any atom is -0.487 e. The SMILES string of the molecule is Cc1cccn2cc(COc3ccc(C(=O)N4CCC(N5CCCC5)CC4)cc3)nc12. The number of carbonyl (C=O) groups excluding carboxylic acids is 1. The highest BCUT2D eigenvalue weighted by molar-refractivity contribution is 5.94. The Morgan fingerprint density at radius 3 is 2.52 bits per heavy atom. The van der Waals surface area contributed by atoms with Gasteiger partial charge in [-0.1, -0.05) is 6.07 Å². The predicted molar refractivity (Wildman–Crippen MR) is 120 cm³/mol. The molecule has 3 aromatic rings. The van der Waals surface area contributed by atoms with Crippen LogP contribution in [0.5, 0.6) is 5.75 Å². The van der Waals surface area contributed by atoms with E-state index in [-0.39, 0.29) is 5.91 Å². The van der Waals surface area contributed by atoms with Gasteiger partial charge in [-0.25, -0.2) is 4.98 Å². The number of likely N-dealkylation sites (tertiary alicyclic amines) is 2. The van der Waals surface area contributed by atoms with Gasteiger partial charge in [-0.2, -0.15) is 0 Å². The maximum absolute atomic E-state index is 12.9. The summed E-state index contributed by atoms with van der Waals surface area (Å²) in [6.45, 7) is 6.62. The first-order chi connectivity index (χ1) is 15.2. The molecule has 2 fully saturated rings. The lowest BCUT2D eigenvalue weighted by atomic mass is 10.0. The number of imidazole rings is 1. The Morgan fingerprint density at radius 1 is 1.06 bits per heavy atom. The fourth-order valence-corrected chi connectivity index (χ4v) is 4.85. The number of benzene rings is 1. The predicted octanol–water partition coefficient (Wildman–Crippen LogP) is 3.92. The molecule has 2 aromatic heterocycles. The smallest absolute Gasteiger partial charge is 0.253 e. The highest BCUT2D eigenvalue weighted by Crippen LogP contribution is 2.23. The molecule has 0 bridgehead atoms. The number of rotatable bonds is 5. The molecular weight excluding hydrogens is 388 g/mol. The number of pyridine rings is 1. The molecule has 2 aliphatic rings. The average Bonchev–Trinajstić information content (AvgIpc) is 3.49. The molecule has 2 aliphatic heterocycles. The van der Waals surface area contributed by atoms with Crippen molar-refractivity contribution < 1.29 is 9.53 Å². The third-order valence-electron chi connectivity index (χ3n) is 6.62. The molecule has 6 heteroatoms. The molecule has 4 heterocycles. The second-order valence-corrected chi connectivity index (χ2v) is 8.73. The number of nitrogens with zero attached hydrogens (tertiary/aromatic N) is 4. The molecule has 6 nitrogen and oxygen atoms in total. The summed E-state index contributed by atoms with van der Waals surface area (Å²) in [5, 5.41) is 0. The van der Waals surface area contributed by atoms with Crippen molar-refractivity contribution in [2.24, 2.45) is 0 Å². The third kappa shape index (κ3) is 4.30. The van der Waals surface area contributed by atoms with Crippen molar-refractivity contribution in [3.8, 4) is 5.75 Å². The molecule has 0 atom stereocenters. The van der Waals surface area contributed by atoms with E-state index in [2.05, 4.69) is 22.9 Å². The number of hydrogen-bond donors (Lipinski definition) is 0. The van der Waals surface area contributed by atoms with Crippen molar-refractivity contribution in [2.45, 2.75) is 45.3 Å².